The van der Waals surface area contributed by atoms with Crippen LogP contribution in [0.1, 0.15) is 10.4 Å². The highest BCUT2D eigenvalue weighted by Crippen LogP contribution is 2.27. The molecule has 0 saturated carbocycles. The van der Waals surface area contributed by atoms with Crippen LogP contribution in [0.4, 0.5) is 9.52 Å². The Morgan fingerprint density at radius 2 is 1.79 bits per heavy atom. The summed E-state index contributed by atoms with van der Waals surface area (Å²) in [6, 6.07) is 9.78. The van der Waals surface area contributed by atoms with Gasteiger partial charge in [0.2, 0.25) is 10.0 Å². The van der Waals surface area contributed by atoms with Crippen molar-refractivity contribution in [2.75, 3.05) is 18.4 Å². The number of amides is 1. The Balaban J connectivity index is 1.78. The van der Waals surface area contributed by atoms with Crippen LogP contribution in [0.5, 0.6) is 0 Å². The predicted octanol–water partition coefficient (Wildman–Crippen LogP) is 4.05. The minimum Gasteiger partial charge on any atom is -0.298 e. The van der Waals surface area contributed by atoms with E-state index in [1.165, 1.54) is 58.9 Å². The Hall–Kier alpha value is -2.88. The Morgan fingerprint density at radius 3 is 2.41 bits per heavy atom. The third-order valence-corrected chi connectivity index (χ3v) is 6.77. The zero-order valence-corrected chi connectivity index (χ0v) is 17.0. The molecule has 0 spiro atoms. The second kappa shape index (κ2) is 8.64. The highest BCUT2D eigenvalue weighted by atomic mass is 32.2. The second-order valence-corrected chi connectivity index (χ2v) is 8.98. The fourth-order valence-electron chi connectivity index (χ4n) is 2.61. The van der Waals surface area contributed by atoms with Crippen LogP contribution in [-0.4, -0.2) is 36.7 Å². The SMILES string of the molecule is C=CCN(CC=C)S(=O)(=O)c1ccc(C(=O)Nc2nc3ccc(F)cc3s2)cc1. The van der Waals surface area contributed by atoms with E-state index >= 15 is 0 Å². The van der Waals surface area contributed by atoms with E-state index < -0.39 is 15.9 Å². The van der Waals surface area contributed by atoms with Gasteiger partial charge in [-0.3, -0.25) is 10.1 Å². The average molecular weight is 432 g/mol. The van der Waals surface area contributed by atoms with Gasteiger partial charge in [0.1, 0.15) is 5.82 Å². The van der Waals surface area contributed by atoms with Gasteiger partial charge in [0.15, 0.2) is 5.13 Å². The molecule has 1 N–H and O–H groups in total. The summed E-state index contributed by atoms with van der Waals surface area (Å²) in [7, 11) is -3.73. The first-order valence-electron chi connectivity index (χ1n) is 8.54. The molecule has 0 unspecified atom stereocenters. The molecule has 6 nitrogen and oxygen atoms in total. The molecule has 0 radical (unpaired) electrons. The third-order valence-electron chi connectivity index (χ3n) is 3.99. The summed E-state index contributed by atoms with van der Waals surface area (Å²) in [5, 5.41) is 2.98. The van der Waals surface area contributed by atoms with Crippen LogP contribution < -0.4 is 5.32 Å². The van der Waals surface area contributed by atoms with Crippen LogP contribution in [0.2, 0.25) is 0 Å². The molecule has 1 heterocycles. The van der Waals surface area contributed by atoms with Crippen molar-refractivity contribution in [2.45, 2.75) is 4.90 Å². The molecular formula is C20H18FN3O3S2. The van der Waals surface area contributed by atoms with Gasteiger partial charge in [-0.1, -0.05) is 23.5 Å². The minimum atomic E-state index is -3.73. The van der Waals surface area contributed by atoms with E-state index in [1.807, 2.05) is 0 Å². The molecular weight excluding hydrogens is 413 g/mol. The lowest BCUT2D eigenvalue weighted by Crippen LogP contribution is -2.31. The summed E-state index contributed by atoms with van der Waals surface area (Å²) in [6.07, 6.45) is 2.99. The molecule has 2 aromatic carbocycles. The topological polar surface area (TPSA) is 79.4 Å². The lowest BCUT2D eigenvalue weighted by molar-refractivity contribution is 0.102. The summed E-state index contributed by atoms with van der Waals surface area (Å²) < 4.78 is 40.5. The van der Waals surface area contributed by atoms with Gasteiger partial charge < -0.3 is 0 Å². The normalized spacial score (nSPS) is 11.5. The van der Waals surface area contributed by atoms with E-state index in [1.54, 1.807) is 0 Å². The number of hydrogen-bond donors (Lipinski definition) is 1. The highest BCUT2D eigenvalue weighted by Gasteiger charge is 2.22. The molecule has 0 fully saturated rings. The summed E-state index contributed by atoms with van der Waals surface area (Å²) in [4.78, 5) is 16.8. The van der Waals surface area contributed by atoms with E-state index in [2.05, 4.69) is 23.5 Å². The molecule has 0 aliphatic carbocycles. The largest absolute Gasteiger partial charge is 0.298 e. The van der Waals surface area contributed by atoms with Crippen molar-refractivity contribution in [2.24, 2.45) is 0 Å². The van der Waals surface area contributed by atoms with Crippen LogP contribution in [0.15, 0.2) is 72.7 Å². The molecule has 150 valence electrons. The Labute approximate surface area is 172 Å². The van der Waals surface area contributed by atoms with E-state index in [9.17, 15) is 17.6 Å². The zero-order valence-electron chi connectivity index (χ0n) is 15.3. The minimum absolute atomic E-state index is 0.0632. The maximum absolute atomic E-state index is 13.3. The Kier molecular flexibility index (Phi) is 6.21. The molecule has 3 aromatic rings. The fourth-order valence-corrected chi connectivity index (χ4v) is 4.87. The summed E-state index contributed by atoms with van der Waals surface area (Å²) in [5.41, 5.74) is 0.853. The molecule has 0 atom stereocenters. The molecule has 0 aliphatic heterocycles. The van der Waals surface area contributed by atoms with Gasteiger partial charge in [0.25, 0.3) is 5.91 Å². The monoisotopic (exact) mass is 431 g/mol. The van der Waals surface area contributed by atoms with Gasteiger partial charge in [0, 0.05) is 18.7 Å². The van der Waals surface area contributed by atoms with Crippen molar-refractivity contribution < 1.29 is 17.6 Å². The van der Waals surface area contributed by atoms with Crippen LogP contribution in [-0.2, 0) is 10.0 Å². The first-order valence-corrected chi connectivity index (χ1v) is 10.8. The van der Waals surface area contributed by atoms with Crippen LogP contribution in [0.3, 0.4) is 0 Å². The van der Waals surface area contributed by atoms with Crippen molar-refractivity contribution in [1.82, 2.24) is 9.29 Å². The summed E-state index contributed by atoms with van der Waals surface area (Å²) in [6.45, 7) is 7.43. The standard InChI is InChI=1S/C20H18FN3O3S2/c1-3-11-24(12-4-2)29(26,27)16-8-5-14(6-9-16)19(25)23-20-22-17-10-7-15(21)13-18(17)28-20/h3-10,13H,1-2,11-12H2,(H,22,23,25). The average Bonchev–Trinajstić information content (AvgIpc) is 3.09. The number of benzene rings is 2. The first kappa shape index (κ1) is 20.8. The number of halogens is 1. The van der Waals surface area contributed by atoms with Gasteiger partial charge >= 0.3 is 0 Å². The predicted molar refractivity (Wildman–Crippen MR) is 113 cm³/mol. The summed E-state index contributed by atoms with van der Waals surface area (Å²) >= 11 is 1.15. The first-order chi connectivity index (χ1) is 13.8. The smallest absolute Gasteiger partial charge is 0.257 e. The van der Waals surface area contributed by atoms with E-state index in [-0.39, 0.29) is 29.4 Å². The number of rotatable bonds is 8. The van der Waals surface area contributed by atoms with Gasteiger partial charge in [-0.2, -0.15) is 4.31 Å². The molecule has 0 saturated heterocycles. The highest BCUT2D eigenvalue weighted by molar-refractivity contribution is 7.89. The lowest BCUT2D eigenvalue weighted by Gasteiger charge is -2.19. The molecule has 9 heteroatoms. The van der Waals surface area contributed by atoms with Crippen molar-refractivity contribution in [3.05, 3.63) is 79.2 Å². The maximum Gasteiger partial charge on any atom is 0.257 e. The fraction of sp³-hybridized carbons (Fsp3) is 0.100. The van der Waals surface area contributed by atoms with E-state index in [0.29, 0.717) is 15.3 Å². The van der Waals surface area contributed by atoms with Crippen LogP contribution in [0, 0.1) is 5.82 Å². The van der Waals surface area contributed by atoms with Gasteiger partial charge in [-0.15, -0.1) is 13.2 Å². The van der Waals surface area contributed by atoms with Gasteiger partial charge in [0.05, 0.1) is 15.1 Å². The van der Waals surface area contributed by atoms with Crippen LogP contribution >= 0.6 is 11.3 Å². The Morgan fingerprint density at radius 1 is 1.14 bits per heavy atom. The number of nitrogens with one attached hydrogen (secondary N) is 1. The number of fused-ring (bicyclic) bond motifs is 1. The summed E-state index contributed by atoms with van der Waals surface area (Å²) in [5.74, 6) is -0.819. The maximum atomic E-state index is 13.3. The van der Waals surface area contributed by atoms with Gasteiger partial charge in [-0.05, 0) is 42.5 Å². The lowest BCUT2D eigenvalue weighted by atomic mass is 10.2. The number of sulfonamides is 1. The molecule has 1 aromatic heterocycles. The number of hydrogen-bond acceptors (Lipinski definition) is 5. The van der Waals surface area contributed by atoms with Crippen molar-refractivity contribution in [3.8, 4) is 0 Å². The Bertz CT molecular complexity index is 1160. The quantitative estimate of drug-likeness (QED) is 0.546. The molecule has 0 bridgehead atoms. The van der Waals surface area contributed by atoms with Crippen molar-refractivity contribution in [1.29, 1.82) is 0 Å². The number of carbonyl (C=O) groups excluding carboxylic acids is 1. The van der Waals surface area contributed by atoms with Crippen molar-refractivity contribution >= 4 is 42.6 Å². The number of carbonyl (C=O) groups is 1. The number of anilines is 1. The van der Waals surface area contributed by atoms with Crippen molar-refractivity contribution in [3.63, 3.8) is 0 Å². The number of aromatic nitrogens is 1. The number of thiazole rings is 1. The van der Waals surface area contributed by atoms with E-state index in [4.69, 9.17) is 0 Å². The zero-order chi connectivity index (χ0) is 21.0. The molecule has 0 aliphatic rings. The molecule has 29 heavy (non-hydrogen) atoms. The van der Waals surface area contributed by atoms with Crippen LogP contribution in [0.25, 0.3) is 10.2 Å². The molecule has 1 amide bonds. The second-order valence-electron chi connectivity index (χ2n) is 6.01. The van der Waals surface area contributed by atoms with Gasteiger partial charge in [-0.25, -0.2) is 17.8 Å². The molecule has 3 rings (SSSR count). The third kappa shape index (κ3) is 4.58. The number of nitrogens with zero attached hydrogens (tertiary/aromatic N) is 2. The van der Waals surface area contributed by atoms with E-state index in [0.717, 1.165) is 11.3 Å².